The summed E-state index contributed by atoms with van der Waals surface area (Å²) in [5.74, 6) is 0.394. The van der Waals surface area contributed by atoms with Crippen LogP contribution in [0.5, 0.6) is 0 Å². The highest BCUT2D eigenvalue weighted by molar-refractivity contribution is 7.89. The van der Waals surface area contributed by atoms with Crippen LogP contribution in [0.1, 0.15) is 39.0 Å². The van der Waals surface area contributed by atoms with Crippen LogP contribution in [0, 0.1) is 0 Å². The Hall–Kier alpha value is -1.25. The summed E-state index contributed by atoms with van der Waals surface area (Å²) in [6.07, 6.45) is 6.06. The number of aliphatic hydroxyl groups excluding tert-OH is 1. The normalized spacial score (nSPS) is 23.5. The Kier molecular flexibility index (Phi) is 5.49. The van der Waals surface area contributed by atoms with Gasteiger partial charge in [0.1, 0.15) is 4.90 Å². The average molecular weight is 314 g/mol. The molecule has 1 aromatic rings. The maximum Gasteiger partial charge on any atom is 0.243 e. The second kappa shape index (κ2) is 7.15. The highest BCUT2D eigenvalue weighted by atomic mass is 32.2. The van der Waals surface area contributed by atoms with Crippen molar-refractivity contribution in [2.24, 2.45) is 0 Å². The maximum absolute atomic E-state index is 12.3. The molecule has 1 saturated carbocycles. The smallest absolute Gasteiger partial charge is 0.243 e. The molecule has 118 valence electrons. The second-order valence-electron chi connectivity index (χ2n) is 5.21. The van der Waals surface area contributed by atoms with Crippen molar-refractivity contribution in [3.05, 3.63) is 12.4 Å². The minimum atomic E-state index is -3.70. The number of sulfonamides is 1. The molecule has 1 fully saturated rings. The lowest BCUT2D eigenvalue weighted by Crippen LogP contribution is -2.42. The molecule has 8 heteroatoms. The van der Waals surface area contributed by atoms with E-state index in [2.05, 4.69) is 20.0 Å². The molecule has 2 atom stereocenters. The number of hydrogen-bond acceptors (Lipinski definition) is 6. The fraction of sp³-hybridized carbons (Fsp3) is 0.692. The van der Waals surface area contributed by atoms with E-state index in [1.807, 2.05) is 6.92 Å². The number of anilines is 1. The van der Waals surface area contributed by atoms with E-state index < -0.39 is 22.2 Å². The summed E-state index contributed by atoms with van der Waals surface area (Å²) in [4.78, 5) is 7.94. The lowest BCUT2D eigenvalue weighted by molar-refractivity contribution is 0.130. The number of nitrogens with one attached hydrogen (secondary N) is 2. The molecule has 21 heavy (non-hydrogen) atoms. The Balaban J connectivity index is 2.09. The zero-order chi connectivity index (χ0) is 15.3. The van der Waals surface area contributed by atoms with Crippen LogP contribution in [0.4, 0.5) is 5.95 Å². The van der Waals surface area contributed by atoms with Gasteiger partial charge >= 0.3 is 0 Å². The van der Waals surface area contributed by atoms with E-state index >= 15 is 0 Å². The predicted molar refractivity (Wildman–Crippen MR) is 79.4 cm³/mol. The van der Waals surface area contributed by atoms with E-state index in [9.17, 15) is 13.5 Å². The molecule has 7 nitrogen and oxygen atoms in total. The van der Waals surface area contributed by atoms with E-state index in [0.29, 0.717) is 25.3 Å². The summed E-state index contributed by atoms with van der Waals surface area (Å²) >= 11 is 0. The Morgan fingerprint density at radius 2 is 1.90 bits per heavy atom. The van der Waals surface area contributed by atoms with Crippen molar-refractivity contribution in [2.45, 2.75) is 56.1 Å². The largest absolute Gasteiger partial charge is 0.391 e. The summed E-state index contributed by atoms with van der Waals surface area (Å²) in [6.45, 7) is 2.57. The van der Waals surface area contributed by atoms with Crippen molar-refractivity contribution in [3.8, 4) is 0 Å². The SMILES string of the molecule is CCNc1ncc(S(=O)(=O)NC2CCCCCC2O)cn1. The van der Waals surface area contributed by atoms with Gasteiger partial charge in [-0.1, -0.05) is 19.3 Å². The Morgan fingerprint density at radius 3 is 2.57 bits per heavy atom. The molecule has 3 N–H and O–H groups in total. The standard InChI is InChI=1S/C13H22N4O3S/c1-2-14-13-15-8-10(9-16-13)21(19,20)17-11-6-4-3-5-7-12(11)18/h8-9,11-12,17-18H,2-7H2,1H3,(H,14,15,16). The molecular formula is C13H22N4O3S. The van der Waals surface area contributed by atoms with E-state index in [0.717, 1.165) is 19.3 Å². The van der Waals surface area contributed by atoms with Gasteiger partial charge in [0.2, 0.25) is 16.0 Å². The zero-order valence-electron chi connectivity index (χ0n) is 12.1. The maximum atomic E-state index is 12.3. The predicted octanol–water partition coefficient (Wildman–Crippen LogP) is 0.880. The topological polar surface area (TPSA) is 104 Å². The van der Waals surface area contributed by atoms with Gasteiger partial charge in [-0.3, -0.25) is 0 Å². The number of hydrogen-bond donors (Lipinski definition) is 3. The van der Waals surface area contributed by atoms with Gasteiger partial charge in [-0.25, -0.2) is 23.1 Å². The number of aliphatic hydroxyl groups is 1. The molecule has 0 aliphatic heterocycles. The van der Waals surface area contributed by atoms with E-state index in [1.165, 1.54) is 12.4 Å². The zero-order valence-corrected chi connectivity index (χ0v) is 12.9. The van der Waals surface area contributed by atoms with E-state index in [1.54, 1.807) is 0 Å². The van der Waals surface area contributed by atoms with Crippen LogP contribution < -0.4 is 10.0 Å². The quantitative estimate of drug-likeness (QED) is 0.697. The van der Waals surface area contributed by atoms with Gasteiger partial charge in [-0.2, -0.15) is 0 Å². The summed E-state index contributed by atoms with van der Waals surface area (Å²) < 4.78 is 27.2. The lowest BCUT2D eigenvalue weighted by atomic mass is 10.1. The summed E-state index contributed by atoms with van der Waals surface area (Å²) in [6, 6.07) is -0.439. The molecule has 0 saturated heterocycles. The van der Waals surface area contributed by atoms with Crippen LogP contribution >= 0.6 is 0 Å². The van der Waals surface area contributed by atoms with Crippen molar-refractivity contribution in [2.75, 3.05) is 11.9 Å². The molecule has 2 rings (SSSR count). The van der Waals surface area contributed by atoms with Crippen LogP contribution in [0.15, 0.2) is 17.3 Å². The van der Waals surface area contributed by atoms with Crippen molar-refractivity contribution in [1.29, 1.82) is 0 Å². The van der Waals surface area contributed by atoms with Crippen LogP contribution in [0.3, 0.4) is 0 Å². The summed E-state index contributed by atoms with van der Waals surface area (Å²) in [7, 11) is -3.70. The molecule has 1 aliphatic rings. The van der Waals surface area contributed by atoms with Crippen molar-refractivity contribution in [3.63, 3.8) is 0 Å². The van der Waals surface area contributed by atoms with Crippen LogP contribution in [-0.2, 0) is 10.0 Å². The summed E-state index contributed by atoms with van der Waals surface area (Å²) in [5, 5.41) is 12.9. The highest BCUT2D eigenvalue weighted by Gasteiger charge is 2.27. The Morgan fingerprint density at radius 1 is 1.24 bits per heavy atom. The first-order valence-electron chi connectivity index (χ1n) is 7.29. The molecule has 1 heterocycles. The van der Waals surface area contributed by atoms with Gasteiger partial charge in [0.25, 0.3) is 0 Å². The highest BCUT2D eigenvalue weighted by Crippen LogP contribution is 2.20. The molecule has 2 unspecified atom stereocenters. The molecule has 1 aromatic heterocycles. The fourth-order valence-electron chi connectivity index (χ4n) is 2.40. The average Bonchev–Trinajstić information content (AvgIpc) is 2.65. The van der Waals surface area contributed by atoms with Crippen LogP contribution in [-0.4, -0.2) is 42.2 Å². The van der Waals surface area contributed by atoms with Gasteiger partial charge in [0.15, 0.2) is 0 Å². The van der Waals surface area contributed by atoms with Crippen LogP contribution in [0.25, 0.3) is 0 Å². The lowest BCUT2D eigenvalue weighted by Gasteiger charge is -2.21. The first kappa shape index (κ1) is 16.1. The third-order valence-electron chi connectivity index (χ3n) is 3.56. The van der Waals surface area contributed by atoms with Crippen LogP contribution in [0.2, 0.25) is 0 Å². The van der Waals surface area contributed by atoms with Gasteiger partial charge in [-0.05, 0) is 19.8 Å². The fourth-order valence-corrected chi connectivity index (χ4v) is 3.59. The second-order valence-corrected chi connectivity index (χ2v) is 6.92. The number of nitrogens with zero attached hydrogens (tertiary/aromatic N) is 2. The van der Waals surface area contributed by atoms with Crippen molar-refractivity contribution >= 4 is 16.0 Å². The molecule has 1 aliphatic carbocycles. The molecule has 0 radical (unpaired) electrons. The van der Waals surface area contributed by atoms with E-state index in [4.69, 9.17) is 0 Å². The monoisotopic (exact) mass is 314 g/mol. The molecule has 0 bridgehead atoms. The molecule has 0 spiro atoms. The molecular weight excluding hydrogens is 292 g/mol. The Labute approximate surface area is 125 Å². The first-order chi connectivity index (χ1) is 10.0. The first-order valence-corrected chi connectivity index (χ1v) is 8.77. The van der Waals surface area contributed by atoms with Crippen molar-refractivity contribution in [1.82, 2.24) is 14.7 Å². The van der Waals surface area contributed by atoms with Gasteiger partial charge in [-0.15, -0.1) is 0 Å². The van der Waals surface area contributed by atoms with Crippen molar-refractivity contribution < 1.29 is 13.5 Å². The molecule has 0 amide bonds. The van der Waals surface area contributed by atoms with Gasteiger partial charge in [0, 0.05) is 12.6 Å². The third kappa shape index (κ3) is 4.36. The Bertz CT molecular complexity index is 547. The van der Waals surface area contributed by atoms with Gasteiger partial charge < -0.3 is 10.4 Å². The minimum Gasteiger partial charge on any atom is -0.391 e. The number of aromatic nitrogens is 2. The number of rotatable bonds is 5. The third-order valence-corrected chi connectivity index (χ3v) is 5.00. The summed E-state index contributed by atoms with van der Waals surface area (Å²) in [5.41, 5.74) is 0. The minimum absolute atomic E-state index is 0.0144. The van der Waals surface area contributed by atoms with E-state index in [-0.39, 0.29) is 4.90 Å². The molecule has 0 aromatic carbocycles. The van der Waals surface area contributed by atoms with Gasteiger partial charge in [0.05, 0.1) is 18.5 Å².